The number of rotatable bonds is 4. The first-order chi connectivity index (χ1) is 10.1. The maximum atomic E-state index is 12.3. The summed E-state index contributed by atoms with van der Waals surface area (Å²) in [4.78, 5) is 14.7. The van der Waals surface area contributed by atoms with Crippen LogP contribution in [0.4, 0.5) is 0 Å². The summed E-state index contributed by atoms with van der Waals surface area (Å²) in [7, 11) is 0. The average Bonchev–Trinajstić information content (AvgIpc) is 2.50. The number of hydrogen-bond donors (Lipinski definition) is 3. The number of hydrogen-bond acceptors (Lipinski definition) is 4. The minimum absolute atomic E-state index is 0.0678. The van der Waals surface area contributed by atoms with E-state index in [1.807, 2.05) is 0 Å². The van der Waals surface area contributed by atoms with Crippen molar-refractivity contribution in [1.29, 1.82) is 0 Å². The highest BCUT2D eigenvalue weighted by Crippen LogP contribution is 2.27. The first-order valence-corrected chi connectivity index (χ1v) is 7.68. The van der Waals surface area contributed by atoms with Crippen LogP contribution in [0.2, 0.25) is 0 Å². The van der Waals surface area contributed by atoms with E-state index >= 15 is 0 Å². The molecule has 1 aromatic rings. The predicted octanol–water partition coefficient (Wildman–Crippen LogP) is 0.472. The molecule has 2 atom stereocenters. The van der Waals surface area contributed by atoms with Gasteiger partial charge in [0.15, 0.2) is 0 Å². The fourth-order valence-electron chi connectivity index (χ4n) is 3.40. The van der Waals surface area contributed by atoms with Gasteiger partial charge in [-0.15, -0.1) is 0 Å². The molecule has 3 saturated heterocycles. The molecule has 0 spiro atoms. The number of carbonyl (C=O) groups excluding carboxylic acids is 1. The summed E-state index contributed by atoms with van der Waals surface area (Å²) in [6, 6.07) is 6.56. The van der Waals surface area contributed by atoms with Gasteiger partial charge in [0, 0.05) is 12.6 Å². The van der Waals surface area contributed by atoms with Gasteiger partial charge in [0.25, 0.3) is 0 Å². The van der Waals surface area contributed by atoms with E-state index < -0.39 is 6.04 Å². The summed E-state index contributed by atoms with van der Waals surface area (Å²) in [6.07, 6.45) is 2.85. The first kappa shape index (κ1) is 14.4. The Balaban J connectivity index is 1.54. The second-order valence-corrected chi connectivity index (χ2v) is 6.23. The van der Waals surface area contributed by atoms with Crippen molar-refractivity contribution in [3.8, 4) is 5.75 Å². The van der Waals surface area contributed by atoms with Crippen molar-refractivity contribution in [3.63, 3.8) is 0 Å². The molecular weight excluding hydrogens is 266 g/mol. The van der Waals surface area contributed by atoms with Crippen LogP contribution in [0, 0.1) is 5.92 Å². The molecule has 1 amide bonds. The summed E-state index contributed by atoms with van der Waals surface area (Å²) >= 11 is 0. The molecule has 3 aliphatic rings. The zero-order valence-corrected chi connectivity index (χ0v) is 12.2. The van der Waals surface area contributed by atoms with Gasteiger partial charge >= 0.3 is 0 Å². The molecule has 21 heavy (non-hydrogen) atoms. The van der Waals surface area contributed by atoms with Crippen molar-refractivity contribution in [2.75, 3.05) is 19.6 Å². The van der Waals surface area contributed by atoms with E-state index in [1.165, 1.54) is 12.8 Å². The van der Waals surface area contributed by atoms with E-state index in [2.05, 4.69) is 10.2 Å². The maximum absolute atomic E-state index is 12.3. The zero-order chi connectivity index (χ0) is 14.8. The Morgan fingerprint density at radius 2 is 2.00 bits per heavy atom. The smallest absolute Gasteiger partial charge is 0.237 e. The SMILES string of the molecule is NC(Cc1ccc(O)cc1)C(=O)NC1CN2CCC1CC2. The number of nitrogens with one attached hydrogen (secondary N) is 1. The Kier molecular flexibility index (Phi) is 4.12. The van der Waals surface area contributed by atoms with E-state index in [-0.39, 0.29) is 17.7 Å². The van der Waals surface area contributed by atoms with Crippen LogP contribution in [-0.4, -0.2) is 47.6 Å². The van der Waals surface area contributed by atoms with Crippen LogP contribution in [0.15, 0.2) is 24.3 Å². The Hall–Kier alpha value is -1.59. The summed E-state index contributed by atoms with van der Waals surface area (Å²) in [5.74, 6) is 0.769. The molecule has 3 fully saturated rings. The highest BCUT2D eigenvalue weighted by atomic mass is 16.3. The van der Waals surface area contributed by atoms with Crippen molar-refractivity contribution < 1.29 is 9.90 Å². The molecule has 4 rings (SSSR count). The Morgan fingerprint density at radius 3 is 2.57 bits per heavy atom. The van der Waals surface area contributed by atoms with Gasteiger partial charge in [-0.2, -0.15) is 0 Å². The molecule has 2 unspecified atom stereocenters. The van der Waals surface area contributed by atoms with Crippen molar-refractivity contribution >= 4 is 5.91 Å². The summed E-state index contributed by atoms with van der Waals surface area (Å²) in [5, 5.41) is 12.4. The van der Waals surface area contributed by atoms with Crippen LogP contribution in [0.3, 0.4) is 0 Å². The van der Waals surface area contributed by atoms with E-state index in [0.717, 1.165) is 25.2 Å². The maximum Gasteiger partial charge on any atom is 0.237 e. The van der Waals surface area contributed by atoms with Crippen LogP contribution in [0.5, 0.6) is 5.75 Å². The number of nitrogens with two attached hydrogens (primary N) is 1. The number of aromatic hydroxyl groups is 1. The molecule has 0 aliphatic carbocycles. The lowest BCUT2D eigenvalue weighted by molar-refractivity contribution is -0.124. The number of fused-ring (bicyclic) bond motifs is 3. The molecular formula is C16H23N3O2. The Labute approximate surface area is 125 Å². The van der Waals surface area contributed by atoms with Crippen LogP contribution >= 0.6 is 0 Å². The number of carbonyl (C=O) groups is 1. The van der Waals surface area contributed by atoms with Crippen molar-refractivity contribution in [2.24, 2.45) is 11.7 Å². The molecule has 4 N–H and O–H groups in total. The van der Waals surface area contributed by atoms with E-state index in [0.29, 0.717) is 12.3 Å². The fourth-order valence-corrected chi connectivity index (χ4v) is 3.40. The summed E-state index contributed by atoms with van der Waals surface area (Å²) in [6.45, 7) is 3.29. The first-order valence-electron chi connectivity index (χ1n) is 7.68. The van der Waals surface area contributed by atoms with Crippen LogP contribution in [0.1, 0.15) is 18.4 Å². The number of phenols is 1. The second kappa shape index (κ2) is 6.03. The molecule has 114 valence electrons. The minimum atomic E-state index is -0.537. The van der Waals surface area contributed by atoms with Crippen LogP contribution in [0.25, 0.3) is 0 Å². The highest BCUT2D eigenvalue weighted by Gasteiger charge is 2.35. The third kappa shape index (κ3) is 3.36. The molecule has 5 heteroatoms. The van der Waals surface area contributed by atoms with Crippen molar-refractivity contribution in [2.45, 2.75) is 31.3 Å². The van der Waals surface area contributed by atoms with E-state index in [9.17, 15) is 9.90 Å². The molecule has 3 heterocycles. The number of benzene rings is 1. The molecule has 2 bridgehead atoms. The Morgan fingerprint density at radius 1 is 1.33 bits per heavy atom. The topological polar surface area (TPSA) is 78.6 Å². The quantitative estimate of drug-likeness (QED) is 0.753. The molecule has 1 aromatic carbocycles. The monoisotopic (exact) mass is 289 g/mol. The lowest BCUT2D eigenvalue weighted by Gasteiger charge is -2.45. The number of piperidine rings is 3. The fraction of sp³-hybridized carbons (Fsp3) is 0.562. The molecule has 5 nitrogen and oxygen atoms in total. The average molecular weight is 289 g/mol. The summed E-state index contributed by atoms with van der Waals surface area (Å²) in [5.41, 5.74) is 6.98. The number of amides is 1. The highest BCUT2D eigenvalue weighted by molar-refractivity contribution is 5.82. The molecule has 0 saturated carbocycles. The molecule has 0 aromatic heterocycles. The predicted molar refractivity (Wildman–Crippen MR) is 80.9 cm³/mol. The van der Waals surface area contributed by atoms with Gasteiger partial charge in [0.2, 0.25) is 5.91 Å². The third-order valence-corrected chi connectivity index (χ3v) is 4.71. The normalized spacial score (nSPS) is 29.1. The summed E-state index contributed by atoms with van der Waals surface area (Å²) < 4.78 is 0. The standard InChI is InChI=1S/C16H23N3O2/c17-14(9-11-1-3-13(20)4-2-11)16(21)18-15-10-19-7-5-12(15)6-8-19/h1-4,12,14-15,20H,5-10,17H2,(H,18,21). The van der Waals surface area contributed by atoms with Crippen LogP contribution < -0.4 is 11.1 Å². The van der Waals surface area contributed by atoms with Gasteiger partial charge in [-0.25, -0.2) is 0 Å². The number of nitrogens with zero attached hydrogens (tertiary/aromatic N) is 1. The van der Waals surface area contributed by atoms with E-state index in [4.69, 9.17) is 5.73 Å². The minimum Gasteiger partial charge on any atom is -0.508 e. The van der Waals surface area contributed by atoms with Gasteiger partial charge in [-0.1, -0.05) is 12.1 Å². The van der Waals surface area contributed by atoms with Crippen molar-refractivity contribution in [3.05, 3.63) is 29.8 Å². The lowest BCUT2D eigenvalue weighted by Crippen LogP contribution is -2.59. The molecule has 3 aliphatic heterocycles. The van der Waals surface area contributed by atoms with E-state index in [1.54, 1.807) is 24.3 Å². The third-order valence-electron chi connectivity index (χ3n) is 4.71. The van der Waals surface area contributed by atoms with Gasteiger partial charge in [-0.3, -0.25) is 4.79 Å². The van der Waals surface area contributed by atoms with Crippen LogP contribution in [-0.2, 0) is 11.2 Å². The van der Waals surface area contributed by atoms with Gasteiger partial charge in [-0.05, 0) is 56.0 Å². The largest absolute Gasteiger partial charge is 0.508 e. The second-order valence-electron chi connectivity index (χ2n) is 6.23. The molecule has 0 radical (unpaired) electrons. The van der Waals surface area contributed by atoms with Gasteiger partial charge < -0.3 is 21.1 Å². The van der Waals surface area contributed by atoms with Crippen molar-refractivity contribution in [1.82, 2.24) is 10.2 Å². The zero-order valence-electron chi connectivity index (χ0n) is 12.2. The van der Waals surface area contributed by atoms with Gasteiger partial charge in [0.1, 0.15) is 5.75 Å². The van der Waals surface area contributed by atoms with Gasteiger partial charge in [0.05, 0.1) is 6.04 Å². The number of phenolic OH excluding ortho intramolecular Hbond substituents is 1. The lowest BCUT2D eigenvalue weighted by atomic mass is 9.84. The Bertz CT molecular complexity index is 495.